The third-order valence-corrected chi connectivity index (χ3v) is 5.53. The third-order valence-electron chi connectivity index (χ3n) is 3.90. The normalized spacial score (nSPS) is 17.3. The monoisotopic (exact) mass is 306 g/mol. The predicted octanol–water partition coefficient (Wildman–Crippen LogP) is 0.795. The Kier molecular flexibility index (Phi) is 3.56. The van der Waals surface area contributed by atoms with Crippen LogP contribution in [-0.2, 0) is 23.0 Å². The molecule has 6 nitrogen and oxygen atoms in total. The molecule has 0 fully saturated rings. The number of rotatable bonds is 5. The highest BCUT2D eigenvalue weighted by atomic mass is 32.2. The number of aromatic amines is 1. The smallest absolute Gasteiger partial charge is 0.244 e. The molecule has 0 spiro atoms. The van der Waals surface area contributed by atoms with Crippen molar-refractivity contribution in [2.75, 3.05) is 6.54 Å². The zero-order valence-electron chi connectivity index (χ0n) is 11.8. The van der Waals surface area contributed by atoms with Gasteiger partial charge in [-0.3, -0.25) is 5.10 Å². The molecule has 4 N–H and O–H groups in total. The first-order valence-corrected chi connectivity index (χ1v) is 8.32. The number of nitrogens with two attached hydrogens (primary N) is 1. The molecule has 7 heteroatoms. The van der Waals surface area contributed by atoms with Crippen LogP contribution in [0.15, 0.2) is 29.2 Å². The van der Waals surface area contributed by atoms with Gasteiger partial charge in [-0.05, 0) is 24.5 Å². The van der Waals surface area contributed by atoms with Gasteiger partial charge in [0.1, 0.15) is 4.90 Å². The van der Waals surface area contributed by atoms with Crippen LogP contribution in [-0.4, -0.2) is 25.2 Å². The van der Waals surface area contributed by atoms with Gasteiger partial charge < -0.3 is 5.73 Å². The van der Waals surface area contributed by atoms with Gasteiger partial charge >= 0.3 is 0 Å². The van der Waals surface area contributed by atoms with Gasteiger partial charge in [-0.25, -0.2) is 13.1 Å². The maximum Gasteiger partial charge on any atom is 0.244 e. The first-order valence-electron chi connectivity index (χ1n) is 6.84. The molecule has 1 heterocycles. The summed E-state index contributed by atoms with van der Waals surface area (Å²) in [6.07, 6.45) is 0.910. The summed E-state index contributed by atoms with van der Waals surface area (Å²) < 4.78 is 27.5. The first kappa shape index (κ1) is 14.2. The number of hydrogen-bond donors (Lipinski definition) is 3. The molecule has 0 bridgehead atoms. The van der Waals surface area contributed by atoms with Crippen LogP contribution in [0.5, 0.6) is 0 Å². The Morgan fingerprint density at radius 1 is 1.43 bits per heavy atom. The van der Waals surface area contributed by atoms with E-state index in [-0.39, 0.29) is 17.4 Å². The molecule has 2 aromatic rings. The number of nitrogens with one attached hydrogen (secondary N) is 2. The van der Waals surface area contributed by atoms with Crippen LogP contribution in [0, 0.1) is 6.92 Å². The number of fused-ring (bicyclic) bond motifs is 1. The summed E-state index contributed by atoms with van der Waals surface area (Å²) in [6.45, 7) is 2.17. The number of H-pyrrole nitrogens is 1. The van der Waals surface area contributed by atoms with Gasteiger partial charge in [0.2, 0.25) is 10.0 Å². The van der Waals surface area contributed by atoms with E-state index in [9.17, 15) is 8.42 Å². The zero-order chi connectivity index (χ0) is 15.0. The summed E-state index contributed by atoms with van der Waals surface area (Å²) >= 11 is 0. The van der Waals surface area contributed by atoms with Crippen molar-refractivity contribution in [3.63, 3.8) is 0 Å². The summed E-state index contributed by atoms with van der Waals surface area (Å²) in [4.78, 5) is 0.178. The van der Waals surface area contributed by atoms with E-state index in [0.29, 0.717) is 17.9 Å². The third kappa shape index (κ3) is 2.48. The second kappa shape index (κ2) is 5.25. The van der Waals surface area contributed by atoms with Crippen LogP contribution in [0.1, 0.15) is 28.4 Å². The van der Waals surface area contributed by atoms with E-state index in [2.05, 4.69) is 21.0 Å². The standard InChI is InChI=1S/C14H18N4O2S/c1-9-14(13(7-15)18-17-9)21(19,20)16-8-11-6-10-4-2-3-5-12(10)11/h2-5,11,16H,6-8,15H2,1H3,(H,17,18). The molecule has 0 aliphatic heterocycles. The number of hydrogen-bond acceptors (Lipinski definition) is 4. The predicted molar refractivity (Wildman–Crippen MR) is 79.3 cm³/mol. The van der Waals surface area contributed by atoms with Crippen molar-refractivity contribution in [3.8, 4) is 0 Å². The molecule has 3 rings (SSSR count). The molecule has 0 radical (unpaired) electrons. The maximum atomic E-state index is 12.4. The van der Waals surface area contributed by atoms with E-state index < -0.39 is 10.0 Å². The first-order chi connectivity index (χ1) is 10.0. The van der Waals surface area contributed by atoms with E-state index in [4.69, 9.17) is 5.73 Å². The second-order valence-electron chi connectivity index (χ2n) is 5.28. The number of aromatic nitrogens is 2. The number of sulfonamides is 1. The molecule has 0 amide bonds. The molecule has 1 aromatic heterocycles. The summed E-state index contributed by atoms with van der Waals surface area (Å²) in [7, 11) is -3.59. The van der Waals surface area contributed by atoms with Gasteiger partial charge in [0.05, 0.1) is 11.4 Å². The Balaban J connectivity index is 1.75. The second-order valence-corrected chi connectivity index (χ2v) is 6.98. The molecule has 1 aromatic carbocycles. The van der Waals surface area contributed by atoms with Crippen molar-refractivity contribution in [3.05, 3.63) is 46.8 Å². The van der Waals surface area contributed by atoms with Gasteiger partial charge in [0.25, 0.3) is 0 Å². The van der Waals surface area contributed by atoms with Gasteiger partial charge in [-0.15, -0.1) is 0 Å². The summed E-state index contributed by atoms with van der Waals surface area (Å²) in [5, 5.41) is 6.60. The molecule has 21 heavy (non-hydrogen) atoms. The Morgan fingerprint density at radius 2 is 2.19 bits per heavy atom. The topological polar surface area (TPSA) is 101 Å². The van der Waals surface area contributed by atoms with Crippen LogP contribution in [0.2, 0.25) is 0 Å². The number of aryl methyl sites for hydroxylation is 1. The Morgan fingerprint density at radius 3 is 2.90 bits per heavy atom. The summed E-state index contributed by atoms with van der Waals surface area (Å²) in [5.74, 6) is 0.240. The molecular formula is C14H18N4O2S. The lowest BCUT2D eigenvalue weighted by atomic mass is 9.78. The molecule has 1 aliphatic rings. The van der Waals surface area contributed by atoms with E-state index in [0.717, 1.165) is 6.42 Å². The Bertz CT molecular complexity index is 767. The molecule has 0 saturated heterocycles. The van der Waals surface area contributed by atoms with Crippen LogP contribution in [0.25, 0.3) is 0 Å². The lowest BCUT2D eigenvalue weighted by molar-refractivity contribution is 0.551. The van der Waals surface area contributed by atoms with Crippen molar-refractivity contribution < 1.29 is 8.42 Å². The Labute approximate surface area is 123 Å². The van der Waals surface area contributed by atoms with Crippen molar-refractivity contribution in [2.45, 2.75) is 30.7 Å². The fraction of sp³-hybridized carbons (Fsp3) is 0.357. The highest BCUT2D eigenvalue weighted by Gasteiger charge is 2.29. The molecule has 1 atom stereocenters. The van der Waals surface area contributed by atoms with Crippen LogP contribution >= 0.6 is 0 Å². The quantitative estimate of drug-likeness (QED) is 0.760. The molecule has 1 aliphatic carbocycles. The van der Waals surface area contributed by atoms with Crippen molar-refractivity contribution in [2.24, 2.45) is 5.73 Å². The minimum absolute atomic E-state index is 0.0901. The van der Waals surface area contributed by atoms with Gasteiger partial charge in [0.15, 0.2) is 0 Å². The lowest BCUT2D eigenvalue weighted by Gasteiger charge is -2.30. The number of nitrogens with zero attached hydrogens (tertiary/aromatic N) is 1. The fourth-order valence-electron chi connectivity index (χ4n) is 2.79. The van der Waals surface area contributed by atoms with Gasteiger partial charge in [-0.1, -0.05) is 24.3 Å². The van der Waals surface area contributed by atoms with Gasteiger partial charge in [0, 0.05) is 19.0 Å². The van der Waals surface area contributed by atoms with Crippen LogP contribution < -0.4 is 10.5 Å². The summed E-state index contributed by atoms with van der Waals surface area (Å²) in [5.41, 5.74) is 8.94. The Hall–Kier alpha value is -1.70. The van der Waals surface area contributed by atoms with Crippen LogP contribution in [0.3, 0.4) is 0 Å². The minimum Gasteiger partial charge on any atom is -0.325 e. The minimum atomic E-state index is -3.59. The van der Waals surface area contributed by atoms with E-state index in [1.165, 1.54) is 11.1 Å². The van der Waals surface area contributed by atoms with Crippen LogP contribution in [0.4, 0.5) is 0 Å². The number of benzene rings is 1. The maximum absolute atomic E-state index is 12.4. The van der Waals surface area contributed by atoms with Crippen molar-refractivity contribution in [1.29, 1.82) is 0 Å². The highest BCUT2D eigenvalue weighted by Crippen LogP contribution is 2.34. The molecule has 112 valence electrons. The molecular weight excluding hydrogens is 288 g/mol. The van der Waals surface area contributed by atoms with Crippen molar-refractivity contribution >= 4 is 10.0 Å². The molecule has 1 unspecified atom stereocenters. The van der Waals surface area contributed by atoms with E-state index in [1.54, 1.807) is 6.92 Å². The average Bonchev–Trinajstić information content (AvgIpc) is 2.81. The average molecular weight is 306 g/mol. The lowest BCUT2D eigenvalue weighted by Crippen LogP contribution is -2.33. The fourth-order valence-corrected chi connectivity index (χ4v) is 4.24. The van der Waals surface area contributed by atoms with E-state index >= 15 is 0 Å². The largest absolute Gasteiger partial charge is 0.325 e. The SMILES string of the molecule is Cc1[nH]nc(CN)c1S(=O)(=O)NCC1Cc2ccccc21. The zero-order valence-corrected chi connectivity index (χ0v) is 12.6. The van der Waals surface area contributed by atoms with Crippen molar-refractivity contribution in [1.82, 2.24) is 14.9 Å². The molecule has 0 saturated carbocycles. The van der Waals surface area contributed by atoms with E-state index in [1.807, 2.05) is 18.2 Å². The van der Waals surface area contributed by atoms with Gasteiger partial charge in [-0.2, -0.15) is 5.10 Å². The highest BCUT2D eigenvalue weighted by molar-refractivity contribution is 7.89. The summed E-state index contributed by atoms with van der Waals surface area (Å²) in [6, 6.07) is 8.10.